The minimum Gasteiger partial charge on any atom is -0.444 e. The zero-order valence-electron chi connectivity index (χ0n) is 33.3. The molecule has 4 aliphatic heterocycles. The molecule has 3 aromatic rings. The van der Waals surface area contributed by atoms with Gasteiger partial charge in [0.15, 0.2) is 23.2 Å². The van der Waals surface area contributed by atoms with Crippen LogP contribution in [0.25, 0.3) is 11.2 Å². The van der Waals surface area contributed by atoms with Crippen molar-refractivity contribution in [1.29, 1.82) is 0 Å². The van der Waals surface area contributed by atoms with Crippen LogP contribution in [0.2, 0.25) is 0 Å². The molecule has 0 bridgehead atoms. The Balaban J connectivity index is 1.20. The van der Waals surface area contributed by atoms with Gasteiger partial charge in [-0.3, -0.25) is 9.69 Å². The van der Waals surface area contributed by atoms with Crippen LogP contribution in [0.3, 0.4) is 0 Å². The lowest BCUT2D eigenvalue weighted by molar-refractivity contribution is -0.0368. The predicted octanol–water partition coefficient (Wildman–Crippen LogP) is 5.68. The lowest BCUT2D eigenvalue weighted by atomic mass is 9.73. The van der Waals surface area contributed by atoms with Crippen molar-refractivity contribution < 1.29 is 33.3 Å². The molecule has 0 aliphatic carbocycles. The number of nitrogens with one attached hydrogen (secondary N) is 2. The van der Waals surface area contributed by atoms with Crippen molar-refractivity contribution >= 4 is 52.3 Å². The number of alkyl carbamates (subject to hydrolysis) is 1. The lowest BCUT2D eigenvalue weighted by Gasteiger charge is -2.42. The van der Waals surface area contributed by atoms with Crippen LogP contribution in [-0.4, -0.2) is 108 Å². The number of carbonyl (C=O) groups excluding carboxylic acids is 3. The third kappa shape index (κ3) is 7.88. The summed E-state index contributed by atoms with van der Waals surface area (Å²) in [6.07, 6.45) is 4.80. The molecule has 4 aliphatic rings. The van der Waals surface area contributed by atoms with Crippen molar-refractivity contribution in [2.24, 2.45) is 5.41 Å². The molecular formula is C39H55N9O7. The average molecular weight is 762 g/mol. The minimum atomic E-state index is -0.702. The Kier molecular flexibility index (Phi) is 10.3. The van der Waals surface area contributed by atoms with Gasteiger partial charge in [-0.05, 0) is 98.8 Å². The highest BCUT2D eigenvalue weighted by Gasteiger charge is 2.51. The van der Waals surface area contributed by atoms with Gasteiger partial charge in [0, 0.05) is 50.8 Å². The highest BCUT2D eigenvalue weighted by molar-refractivity contribution is 6.02. The SMILES string of the molecule is CNC(=O)c1ccc2c(c1)N(C(=O)OC(C)(C)C)CCN2c1nn(C2CCCCO2)c2nc(N3CCC4(CC3)CO[C@@H](C)[C@H]4NC(=O)OC(C)(C)C)cnc12. The predicted molar refractivity (Wildman–Crippen MR) is 207 cm³/mol. The Morgan fingerprint density at radius 2 is 1.69 bits per heavy atom. The van der Waals surface area contributed by atoms with Gasteiger partial charge >= 0.3 is 12.2 Å². The average Bonchev–Trinajstić information content (AvgIpc) is 3.66. The summed E-state index contributed by atoms with van der Waals surface area (Å²) in [6, 6.07) is 5.12. The van der Waals surface area contributed by atoms with E-state index in [9.17, 15) is 14.4 Å². The molecule has 3 amide bonds. The third-order valence-electron chi connectivity index (χ3n) is 10.8. The number of fused-ring (bicyclic) bond motifs is 2. The van der Waals surface area contributed by atoms with Crippen molar-refractivity contribution in [1.82, 2.24) is 30.4 Å². The Hall–Kier alpha value is -4.70. The van der Waals surface area contributed by atoms with E-state index >= 15 is 0 Å². The number of piperidine rings is 1. The fourth-order valence-corrected chi connectivity index (χ4v) is 8.08. The lowest BCUT2D eigenvalue weighted by Crippen LogP contribution is -2.55. The molecule has 2 N–H and O–H groups in total. The van der Waals surface area contributed by atoms with Crippen LogP contribution in [0.1, 0.15) is 97.2 Å². The van der Waals surface area contributed by atoms with E-state index in [0.29, 0.717) is 73.3 Å². The van der Waals surface area contributed by atoms with E-state index in [-0.39, 0.29) is 29.7 Å². The number of rotatable bonds is 5. The molecule has 55 heavy (non-hydrogen) atoms. The Bertz CT molecular complexity index is 1920. The Labute approximate surface area is 322 Å². The summed E-state index contributed by atoms with van der Waals surface area (Å²) in [5, 5.41) is 10.9. The van der Waals surface area contributed by atoms with Gasteiger partial charge in [-0.25, -0.2) is 24.2 Å². The van der Waals surface area contributed by atoms with Gasteiger partial charge in [-0.2, -0.15) is 0 Å². The van der Waals surface area contributed by atoms with Crippen LogP contribution in [0.15, 0.2) is 24.4 Å². The van der Waals surface area contributed by atoms with Gasteiger partial charge in [0.1, 0.15) is 17.0 Å². The molecule has 2 aromatic heterocycles. The second-order valence-corrected chi connectivity index (χ2v) is 17.0. The third-order valence-corrected chi connectivity index (χ3v) is 10.8. The summed E-state index contributed by atoms with van der Waals surface area (Å²) in [5.41, 5.74) is 1.35. The van der Waals surface area contributed by atoms with E-state index in [2.05, 4.69) is 15.5 Å². The number of amides is 3. The molecular weight excluding hydrogens is 706 g/mol. The zero-order chi connectivity index (χ0) is 39.3. The van der Waals surface area contributed by atoms with Crippen molar-refractivity contribution in [3.8, 4) is 0 Å². The molecule has 16 nitrogen and oxygen atoms in total. The maximum Gasteiger partial charge on any atom is 0.414 e. The van der Waals surface area contributed by atoms with Crippen LogP contribution in [0.5, 0.6) is 0 Å². The number of ether oxygens (including phenoxy) is 4. The summed E-state index contributed by atoms with van der Waals surface area (Å²) in [6.45, 7) is 16.4. The van der Waals surface area contributed by atoms with Gasteiger partial charge in [-0.1, -0.05) is 0 Å². The van der Waals surface area contributed by atoms with Crippen molar-refractivity contribution in [3.05, 3.63) is 30.0 Å². The molecule has 0 saturated carbocycles. The first kappa shape index (κ1) is 38.6. The first-order chi connectivity index (χ1) is 26.1. The first-order valence-electron chi connectivity index (χ1n) is 19.4. The van der Waals surface area contributed by atoms with Gasteiger partial charge in [0.2, 0.25) is 0 Å². The van der Waals surface area contributed by atoms with Gasteiger partial charge in [0.25, 0.3) is 5.91 Å². The van der Waals surface area contributed by atoms with Crippen LogP contribution < -0.4 is 25.3 Å². The standard InChI is InChI=1S/C39H55N9O7/c1-24-31(43-35(50)54-37(2,3)4)39(23-53-24)14-16-45(17-15-39)28-22-41-30-32(42-28)48(29-11-9-10-20-52-29)44-33(30)46-18-19-47(36(51)55-38(5,6)7)27-21-25(34(49)40-8)12-13-26(27)46/h12-13,21-22,24,29,31H,9-11,14-20,23H2,1-8H3,(H,40,49)(H,43,50)/t24-,29?,31+/m0/s1. The van der Waals surface area contributed by atoms with E-state index in [1.54, 1.807) is 30.3 Å². The Morgan fingerprint density at radius 3 is 2.36 bits per heavy atom. The second-order valence-electron chi connectivity index (χ2n) is 17.0. The molecule has 0 radical (unpaired) electrons. The molecule has 1 spiro atoms. The molecule has 7 rings (SSSR count). The molecule has 1 unspecified atom stereocenters. The highest BCUT2D eigenvalue weighted by Crippen LogP contribution is 2.44. The maximum atomic E-state index is 13.5. The van der Waals surface area contributed by atoms with E-state index in [0.717, 1.165) is 37.9 Å². The van der Waals surface area contributed by atoms with Crippen molar-refractivity contribution in [2.45, 2.75) is 110 Å². The number of benzene rings is 1. The first-order valence-corrected chi connectivity index (χ1v) is 19.4. The van der Waals surface area contributed by atoms with Crippen LogP contribution in [0, 0.1) is 5.41 Å². The van der Waals surface area contributed by atoms with Crippen LogP contribution >= 0.6 is 0 Å². The number of anilines is 4. The van der Waals surface area contributed by atoms with E-state index in [1.165, 1.54) is 0 Å². The van der Waals surface area contributed by atoms with Gasteiger partial charge in [-0.15, -0.1) is 5.10 Å². The number of aromatic nitrogens is 4. The summed E-state index contributed by atoms with van der Waals surface area (Å²) < 4.78 is 25.6. The zero-order valence-corrected chi connectivity index (χ0v) is 33.3. The maximum absolute atomic E-state index is 13.5. The minimum absolute atomic E-state index is 0.134. The fraction of sp³-hybridized carbons (Fsp3) is 0.641. The second kappa shape index (κ2) is 14.8. The Morgan fingerprint density at radius 1 is 0.945 bits per heavy atom. The molecule has 1 aromatic carbocycles. The topological polar surface area (TPSA) is 166 Å². The summed E-state index contributed by atoms with van der Waals surface area (Å²) >= 11 is 0. The quantitative estimate of drug-likeness (QED) is 0.328. The number of nitrogens with zero attached hydrogens (tertiary/aromatic N) is 7. The summed E-state index contributed by atoms with van der Waals surface area (Å²) in [5.74, 6) is 1.06. The van der Waals surface area contributed by atoms with Crippen LogP contribution in [-0.2, 0) is 18.9 Å². The number of carbonyl (C=O) groups is 3. The highest BCUT2D eigenvalue weighted by atomic mass is 16.6. The largest absolute Gasteiger partial charge is 0.444 e. The van der Waals surface area contributed by atoms with Gasteiger partial charge in [0.05, 0.1) is 36.3 Å². The molecule has 3 atom stereocenters. The molecule has 16 heteroatoms. The fourth-order valence-electron chi connectivity index (χ4n) is 8.08. The summed E-state index contributed by atoms with van der Waals surface area (Å²) in [4.78, 5) is 55.1. The monoisotopic (exact) mass is 761 g/mol. The smallest absolute Gasteiger partial charge is 0.414 e. The molecule has 3 saturated heterocycles. The van der Waals surface area contributed by atoms with Gasteiger partial charge < -0.3 is 39.4 Å². The molecule has 298 valence electrons. The number of hydrogen-bond donors (Lipinski definition) is 2. The molecule has 6 heterocycles. The van der Waals surface area contributed by atoms with Crippen LogP contribution in [0.4, 0.5) is 32.6 Å². The molecule has 3 fully saturated rings. The van der Waals surface area contributed by atoms with Crippen molar-refractivity contribution in [3.63, 3.8) is 0 Å². The van der Waals surface area contributed by atoms with E-state index in [4.69, 9.17) is 34.0 Å². The van der Waals surface area contributed by atoms with E-state index in [1.807, 2.05) is 64.1 Å². The summed E-state index contributed by atoms with van der Waals surface area (Å²) in [7, 11) is 1.57. The number of hydrogen-bond acceptors (Lipinski definition) is 12. The van der Waals surface area contributed by atoms with Crippen molar-refractivity contribution in [2.75, 3.05) is 61.1 Å². The normalized spacial score (nSPS) is 22.8. The van der Waals surface area contributed by atoms with E-state index < -0.39 is 23.4 Å².